The van der Waals surface area contributed by atoms with Crippen LogP contribution >= 0.6 is 0 Å². The lowest BCUT2D eigenvalue weighted by molar-refractivity contribution is 0.277. The normalized spacial score (nSPS) is 32.8. The lowest BCUT2D eigenvalue weighted by atomic mass is 9.82. The van der Waals surface area contributed by atoms with Crippen molar-refractivity contribution in [3.63, 3.8) is 0 Å². The SMILES string of the molecule is CC.c1ccn(C2CC3CCCCC3C2)c1. The van der Waals surface area contributed by atoms with Crippen LogP contribution in [0.2, 0.25) is 0 Å². The molecule has 0 N–H and O–H groups in total. The van der Waals surface area contributed by atoms with E-state index >= 15 is 0 Å². The Morgan fingerprint density at radius 2 is 1.38 bits per heavy atom. The van der Waals surface area contributed by atoms with Gasteiger partial charge >= 0.3 is 0 Å². The summed E-state index contributed by atoms with van der Waals surface area (Å²) in [6, 6.07) is 5.13. The van der Waals surface area contributed by atoms with Crippen molar-refractivity contribution in [2.45, 2.75) is 58.4 Å². The first kappa shape index (κ1) is 11.8. The third kappa shape index (κ3) is 2.34. The van der Waals surface area contributed by atoms with Crippen LogP contribution < -0.4 is 0 Å². The molecular formula is C15H25N. The molecule has 3 rings (SSSR count). The van der Waals surface area contributed by atoms with Gasteiger partial charge in [-0.25, -0.2) is 0 Å². The van der Waals surface area contributed by atoms with Crippen LogP contribution in [0.15, 0.2) is 24.5 Å². The highest BCUT2D eigenvalue weighted by molar-refractivity contribution is 4.97. The van der Waals surface area contributed by atoms with Crippen LogP contribution in [0.5, 0.6) is 0 Å². The Kier molecular flexibility index (Phi) is 4.09. The second-order valence-corrected chi connectivity index (χ2v) is 5.06. The molecule has 2 unspecified atom stereocenters. The van der Waals surface area contributed by atoms with Gasteiger partial charge in [-0.05, 0) is 36.8 Å². The molecule has 0 saturated heterocycles. The highest BCUT2D eigenvalue weighted by Crippen LogP contribution is 2.46. The second kappa shape index (κ2) is 5.56. The lowest BCUT2D eigenvalue weighted by Gasteiger charge is -2.23. The van der Waals surface area contributed by atoms with Crippen LogP contribution in [0.25, 0.3) is 0 Å². The molecule has 0 aromatic carbocycles. The Hall–Kier alpha value is -0.720. The van der Waals surface area contributed by atoms with Gasteiger partial charge in [-0.3, -0.25) is 0 Å². The number of hydrogen-bond acceptors (Lipinski definition) is 0. The molecule has 2 saturated carbocycles. The van der Waals surface area contributed by atoms with E-state index in [0.29, 0.717) is 0 Å². The summed E-state index contributed by atoms with van der Waals surface area (Å²) in [6.07, 6.45) is 13.3. The molecule has 1 heteroatoms. The molecule has 1 heterocycles. The maximum Gasteiger partial charge on any atom is 0.0336 e. The molecule has 1 aromatic heterocycles. The van der Waals surface area contributed by atoms with E-state index in [-0.39, 0.29) is 0 Å². The fourth-order valence-corrected chi connectivity index (χ4v) is 3.53. The van der Waals surface area contributed by atoms with Gasteiger partial charge in [0.05, 0.1) is 0 Å². The number of fused-ring (bicyclic) bond motifs is 1. The lowest BCUT2D eigenvalue weighted by Crippen LogP contribution is -2.12. The molecule has 2 aliphatic rings. The van der Waals surface area contributed by atoms with Crippen LogP contribution in [0.3, 0.4) is 0 Å². The molecular weight excluding hydrogens is 194 g/mol. The van der Waals surface area contributed by atoms with Gasteiger partial charge in [0.1, 0.15) is 0 Å². The first-order valence-corrected chi connectivity index (χ1v) is 7.06. The minimum absolute atomic E-state index is 0.818. The zero-order valence-corrected chi connectivity index (χ0v) is 10.7. The van der Waals surface area contributed by atoms with Crippen molar-refractivity contribution in [2.75, 3.05) is 0 Å². The van der Waals surface area contributed by atoms with Crippen molar-refractivity contribution in [2.24, 2.45) is 11.8 Å². The number of hydrogen-bond donors (Lipinski definition) is 0. The van der Waals surface area contributed by atoms with Crippen LogP contribution in [-0.2, 0) is 0 Å². The molecule has 0 amide bonds. The van der Waals surface area contributed by atoms with Crippen molar-refractivity contribution >= 4 is 0 Å². The fourth-order valence-electron chi connectivity index (χ4n) is 3.53. The summed E-state index contributed by atoms with van der Waals surface area (Å²) in [7, 11) is 0. The summed E-state index contributed by atoms with van der Waals surface area (Å²) >= 11 is 0. The van der Waals surface area contributed by atoms with Crippen LogP contribution in [0.1, 0.15) is 58.4 Å². The molecule has 2 atom stereocenters. The van der Waals surface area contributed by atoms with Gasteiger partial charge in [-0.2, -0.15) is 0 Å². The van der Waals surface area contributed by atoms with Gasteiger partial charge in [-0.15, -0.1) is 0 Å². The Morgan fingerprint density at radius 3 is 1.88 bits per heavy atom. The van der Waals surface area contributed by atoms with Crippen molar-refractivity contribution in [3.05, 3.63) is 24.5 Å². The minimum atomic E-state index is 0.818. The second-order valence-electron chi connectivity index (χ2n) is 5.06. The Balaban J connectivity index is 0.000000457. The van der Waals surface area contributed by atoms with E-state index in [1.807, 2.05) is 13.8 Å². The fraction of sp³-hybridized carbons (Fsp3) is 0.733. The van der Waals surface area contributed by atoms with Crippen molar-refractivity contribution in [1.29, 1.82) is 0 Å². The van der Waals surface area contributed by atoms with Crippen molar-refractivity contribution in [3.8, 4) is 0 Å². The summed E-state index contributed by atoms with van der Waals surface area (Å²) in [4.78, 5) is 0. The van der Waals surface area contributed by atoms with E-state index in [2.05, 4.69) is 29.1 Å². The topological polar surface area (TPSA) is 4.93 Å². The highest BCUT2D eigenvalue weighted by atomic mass is 15.0. The van der Waals surface area contributed by atoms with E-state index in [1.165, 1.54) is 38.5 Å². The summed E-state index contributed by atoms with van der Waals surface area (Å²) in [5, 5.41) is 0. The molecule has 0 bridgehead atoms. The third-order valence-electron chi connectivity index (χ3n) is 4.27. The molecule has 1 nitrogen and oxygen atoms in total. The third-order valence-corrected chi connectivity index (χ3v) is 4.27. The van der Waals surface area contributed by atoms with Gasteiger partial charge < -0.3 is 4.57 Å². The van der Waals surface area contributed by atoms with Gasteiger partial charge in [0.2, 0.25) is 0 Å². The van der Waals surface area contributed by atoms with E-state index in [0.717, 1.165) is 17.9 Å². The van der Waals surface area contributed by atoms with Gasteiger partial charge in [0.25, 0.3) is 0 Å². The zero-order valence-electron chi connectivity index (χ0n) is 10.7. The highest BCUT2D eigenvalue weighted by Gasteiger charge is 2.35. The molecule has 2 fully saturated rings. The maximum absolute atomic E-state index is 2.43. The standard InChI is InChI=1S/C13H19N.C2H6/c1-2-6-12-10-13(9-11(12)5-1)14-7-3-4-8-14;1-2/h3-4,7-8,11-13H,1-2,5-6,9-10H2;1-2H3. The Morgan fingerprint density at radius 1 is 0.875 bits per heavy atom. The van der Waals surface area contributed by atoms with E-state index in [1.54, 1.807) is 0 Å². The summed E-state index contributed by atoms with van der Waals surface area (Å²) in [6.45, 7) is 4.00. The van der Waals surface area contributed by atoms with Gasteiger partial charge in [0, 0.05) is 18.4 Å². The summed E-state index contributed by atoms with van der Waals surface area (Å²) in [5.41, 5.74) is 0. The molecule has 0 spiro atoms. The molecule has 1 aromatic rings. The van der Waals surface area contributed by atoms with E-state index in [4.69, 9.17) is 0 Å². The first-order chi connectivity index (χ1) is 7.93. The van der Waals surface area contributed by atoms with Gasteiger partial charge in [-0.1, -0.05) is 39.5 Å². The largest absolute Gasteiger partial charge is 0.351 e. The number of aromatic nitrogens is 1. The Bertz CT molecular complexity index is 274. The van der Waals surface area contributed by atoms with E-state index < -0.39 is 0 Å². The van der Waals surface area contributed by atoms with Crippen molar-refractivity contribution in [1.82, 2.24) is 4.57 Å². The molecule has 0 radical (unpaired) electrons. The van der Waals surface area contributed by atoms with Crippen LogP contribution in [-0.4, -0.2) is 4.57 Å². The zero-order chi connectivity index (χ0) is 11.4. The summed E-state index contributed by atoms with van der Waals surface area (Å²) < 4.78 is 2.43. The number of nitrogens with zero attached hydrogens (tertiary/aromatic N) is 1. The smallest absolute Gasteiger partial charge is 0.0336 e. The van der Waals surface area contributed by atoms with Crippen molar-refractivity contribution < 1.29 is 0 Å². The number of rotatable bonds is 1. The monoisotopic (exact) mass is 219 g/mol. The molecule has 16 heavy (non-hydrogen) atoms. The maximum atomic E-state index is 2.43. The van der Waals surface area contributed by atoms with E-state index in [9.17, 15) is 0 Å². The predicted octanol–water partition coefficient (Wildman–Crippen LogP) is 4.66. The first-order valence-electron chi connectivity index (χ1n) is 7.06. The van der Waals surface area contributed by atoms with Gasteiger partial charge in [0.15, 0.2) is 0 Å². The Labute approximate surface area is 99.9 Å². The molecule has 2 aliphatic carbocycles. The quantitative estimate of drug-likeness (QED) is 0.647. The summed E-state index contributed by atoms with van der Waals surface area (Å²) in [5.74, 6) is 2.10. The minimum Gasteiger partial charge on any atom is -0.351 e. The molecule has 90 valence electrons. The predicted molar refractivity (Wildman–Crippen MR) is 69.5 cm³/mol. The average molecular weight is 219 g/mol. The molecule has 0 aliphatic heterocycles. The van der Waals surface area contributed by atoms with Crippen LogP contribution in [0.4, 0.5) is 0 Å². The van der Waals surface area contributed by atoms with Crippen LogP contribution in [0, 0.1) is 11.8 Å². The average Bonchev–Trinajstić information content (AvgIpc) is 3.00.